The van der Waals surface area contributed by atoms with Gasteiger partial charge >= 0.3 is 5.97 Å². The van der Waals surface area contributed by atoms with E-state index in [4.69, 9.17) is 4.74 Å². The number of hydrogen-bond donors (Lipinski definition) is 1. The Balaban J connectivity index is 2.03. The highest BCUT2D eigenvalue weighted by molar-refractivity contribution is 7.98. The fraction of sp³-hybridized carbons (Fsp3) is 0.368. The maximum atomic E-state index is 12.3. The molecule has 26 heavy (non-hydrogen) atoms. The first-order chi connectivity index (χ1) is 12.3. The average molecular weight is 373 g/mol. The van der Waals surface area contributed by atoms with Crippen LogP contribution in [0.1, 0.15) is 39.3 Å². The molecule has 2 aromatic rings. The molecule has 1 N–H and O–H groups in total. The number of benzene rings is 1. The lowest BCUT2D eigenvalue weighted by Gasteiger charge is -2.12. The van der Waals surface area contributed by atoms with E-state index in [1.165, 1.54) is 18.9 Å². The third kappa shape index (κ3) is 4.82. The first-order valence-electron chi connectivity index (χ1n) is 8.22. The Labute approximate surface area is 157 Å². The van der Waals surface area contributed by atoms with Crippen LogP contribution in [0.5, 0.6) is 0 Å². The third-order valence-electron chi connectivity index (χ3n) is 4.11. The van der Waals surface area contributed by atoms with Crippen molar-refractivity contribution in [3.63, 3.8) is 0 Å². The second-order valence-corrected chi connectivity index (χ2v) is 6.70. The third-order valence-corrected chi connectivity index (χ3v) is 4.65. The van der Waals surface area contributed by atoms with Crippen molar-refractivity contribution in [2.75, 3.05) is 18.7 Å². The molecule has 1 heterocycles. The van der Waals surface area contributed by atoms with E-state index in [1.807, 2.05) is 27.0 Å². The number of nitrogens with zero attached hydrogens (tertiary/aromatic N) is 2. The second-order valence-electron chi connectivity index (χ2n) is 5.93. The van der Waals surface area contributed by atoms with Gasteiger partial charge in [0, 0.05) is 23.5 Å². The molecule has 0 unspecified atom stereocenters. The average Bonchev–Trinajstić information content (AvgIpc) is 2.61. The molecule has 0 aliphatic carbocycles. The van der Waals surface area contributed by atoms with Crippen LogP contribution >= 0.6 is 11.8 Å². The normalized spacial score (nSPS) is 10.5. The van der Waals surface area contributed by atoms with Crippen LogP contribution < -0.4 is 5.32 Å². The van der Waals surface area contributed by atoms with Crippen molar-refractivity contribution < 1.29 is 14.3 Å². The number of rotatable bonds is 6. The van der Waals surface area contributed by atoms with E-state index in [0.29, 0.717) is 24.1 Å². The summed E-state index contributed by atoms with van der Waals surface area (Å²) in [6, 6.07) is 5.05. The van der Waals surface area contributed by atoms with Gasteiger partial charge in [-0.05, 0) is 62.8 Å². The molecule has 0 radical (unpaired) electrons. The van der Waals surface area contributed by atoms with Gasteiger partial charge in [-0.25, -0.2) is 14.8 Å². The van der Waals surface area contributed by atoms with Crippen LogP contribution in [0.2, 0.25) is 0 Å². The zero-order valence-corrected chi connectivity index (χ0v) is 16.5. The standard InChI is InChI=1S/C19H23N3O3S/c1-11-10-14(18(24)25-4)6-8-16(11)22-17(23)9-7-15-12(2)20-19(26-5)21-13(15)3/h6,8,10H,7,9H2,1-5H3,(H,22,23). The zero-order valence-electron chi connectivity index (χ0n) is 15.7. The number of amides is 1. The smallest absolute Gasteiger partial charge is 0.337 e. The van der Waals surface area contributed by atoms with Gasteiger partial charge in [0.1, 0.15) is 0 Å². The Hall–Kier alpha value is -2.41. The highest BCUT2D eigenvalue weighted by Gasteiger charge is 2.12. The molecule has 2 rings (SSSR count). The van der Waals surface area contributed by atoms with E-state index in [-0.39, 0.29) is 5.91 Å². The molecule has 7 heteroatoms. The van der Waals surface area contributed by atoms with Crippen LogP contribution in [0, 0.1) is 20.8 Å². The number of esters is 1. The van der Waals surface area contributed by atoms with E-state index in [1.54, 1.807) is 18.2 Å². The van der Waals surface area contributed by atoms with E-state index in [2.05, 4.69) is 15.3 Å². The second kappa shape index (κ2) is 8.80. The molecule has 1 aromatic carbocycles. The maximum Gasteiger partial charge on any atom is 0.337 e. The highest BCUT2D eigenvalue weighted by atomic mass is 32.2. The topological polar surface area (TPSA) is 81.2 Å². The first-order valence-corrected chi connectivity index (χ1v) is 9.45. The monoisotopic (exact) mass is 373 g/mol. The predicted octanol–water partition coefficient (Wildman–Crippen LogP) is 3.48. The van der Waals surface area contributed by atoms with Gasteiger partial charge in [-0.2, -0.15) is 0 Å². The van der Waals surface area contributed by atoms with Gasteiger partial charge in [0.05, 0.1) is 12.7 Å². The first kappa shape index (κ1) is 19.9. The van der Waals surface area contributed by atoms with E-state index in [9.17, 15) is 9.59 Å². The summed E-state index contributed by atoms with van der Waals surface area (Å²) in [6.45, 7) is 5.72. The Bertz CT molecular complexity index is 814. The van der Waals surface area contributed by atoms with Crippen LogP contribution in [0.4, 0.5) is 5.69 Å². The number of hydrogen-bond acceptors (Lipinski definition) is 6. The summed E-state index contributed by atoms with van der Waals surface area (Å²) in [7, 11) is 1.34. The summed E-state index contributed by atoms with van der Waals surface area (Å²) in [5.74, 6) is -0.489. The SMILES string of the molecule is COC(=O)c1ccc(NC(=O)CCc2c(C)nc(SC)nc2C)c(C)c1. The Kier molecular flexibility index (Phi) is 6.74. The Morgan fingerprint density at radius 2 is 1.81 bits per heavy atom. The number of thioether (sulfide) groups is 1. The van der Waals surface area contributed by atoms with Gasteiger partial charge in [-0.15, -0.1) is 0 Å². The van der Waals surface area contributed by atoms with Gasteiger partial charge in [0.15, 0.2) is 5.16 Å². The molecule has 0 aliphatic heterocycles. The molecule has 0 spiro atoms. The predicted molar refractivity (Wildman–Crippen MR) is 103 cm³/mol. The lowest BCUT2D eigenvalue weighted by Crippen LogP contribution is -2.15. The van der Waals surface area contributed by atoms with Crippen molar-refractivity contribution in [3.05, 3.63) is 46.3 Å². The molecule has 0 fully saturated rings. The minimum absolute atomic E-state index is 0.0911. The lowest BCUT2D eigenvalue weighted by molar-refractivity contribution is -0.116. The molecule has 138 valence electrons. The van der Waals surface area contributed by atoms with Crippen LogP contribution in [-0.4, -0.2) is 35.2 Å². The van der Waals surface area contributed by atoms with Crippen molar-refractivity contribution in [2.24, 2.45) is 0 Å². The number of carbonyl (C=O) groups excluding carboxylic acids is 2. The van der Waals surface area contributed by atoms with Crippen LogP contribution in [-0.2, 0) is 16.0 Å². The summed E-state index contributed by atoms with van der Waals surface area (Å²) in [5, 5.41) is 3.64. The summed E-state index contributed by atoms with van der Waals surface area (Å²) >= 11 is 1.50. The highest BCUT2D eigenvalue weighted by Crippen LogP contribution is 2.19. The molecule has 1 amide bonds. The van der Waals surface area contributed by atoms with Crippen LogP contribution in [0.3, 0.4) is 0 Å². The molecule has 0 atom stereocenters. The van der Waals surface area contributed by atoms with Crippen LogP contribution in [0.15, 0.2) is 23.4 Å². The van der Waals surface area contributed by atoms with Crippen LogP contribution in [0.25, 0.3) is 0 Å². The van der Waals surface area contributed by atoms with E-state index >= 15 is 0 Å². The number of ether oxygens (including phenoxy) is 1. The number of aryl methyl sites for hydroxylation is 3. The van der Waals surface area contributed by atoms with E-state index in [0.717, 1.165) is 27.7 Å². The summed E-state index contributed by atoms with van der Waals surface area (Å²) in [4.78, 5) is 32.7. The largest absolute Gasteiger partial charge is 0.465 e. The number of aromatic nitrogens is 2. The molecular formula is C19H23N3O3S. The van der Waals surface area contributed by atoms with Crippen molar-refractivity contribution >= 4 is 29.3 Å². The molecule has 6 nitrogen and oxygen atoms in total. The van der Waals surface area contributed by atoms with Gasteiger partial charge < -0.3 is 10.1 Å². The van der Waals surface area contributed by atoms with Gasteiger partial charge in [-0.3, -0.25) is 4.79 Å². The van der Waals surface area contributed by atoms with Crippen molar-refractivity contribution in [1.82, 2.24) is 9.97 Å². The van der Waals surface area contributed by atoms with Crippen molar-refractivity contribution in [1.29, 1.82) is 0 Å². The maximum absolute atomic E-state index is 12.3. The molecule has 0 aliphatic rings. The fourth-order valence-electron chi connectivity index (χ4n) is 2.66. The molecule has 0 saturated carbocycles. The minimum atomic E-state index is -0.398. The summed E-state index contributed by atoms with van der Waals surface area (Å²) in [6.07, 6.45) is 2.86. The minimum Gasteiger partial charge on any atom is -0.465 e. The number of methoxy groups -OCH3 is 1. The lowest BCUT2D eigenvalue weighted by atomic mass is 10.1. The zero-order chi connectivity index (χ0) is 19.3. The number of anilines is 1. The van der Waals surface area contributed by atoms with Gasteiger partial charge in [-0.1, -0.05) is 11.8 Å². The molecule has 1 aromatic heterocycles. The summed E-state index contributed by atoms with van der Waals surface area (Å²) in [5.41, 5.74) is 4.78. The van der Waals surface area contributed by atoms with Gasteiger partial charge in [0.25, 0.3) is 0 Å². The van der Waals surface area contributed by atoms with Gasteiger partial charge in [0.2, 0.25) is 5.91 Å². The number of nitrogens with one attached hydrogen (secondary N) is 1. The number of carbonyl (C=O) groups is 2. The van der Waals surface area contributed by atoms with E-state index < -0.39 is 5.97 Å². The molecule has 0 bridgehead atoms. The fourth-order valence-corrected chi connectivity index (χ4v) is 3.12. The molecular weight excluding hydrogens is 350 g/mol. The quantitative estimate of drug-likeness (QED) is 0.474. The molecule has 0 saturated heterocycles. The Morgan fingerprint density at radius 1 is 1.15 bits per heavy atom. The van der Waals surface area contributed by atoms with Crippen molar-refractivity contribution in [3.8, 4) is 0 Å². The summed E-state index contributed by atoms with van der Waals surface area (Å²) < 4.78 is 4.70. The van der Waals surface area contributed by atoms with Crippen molar-refractivity contribution in [2.45, 2.75) is 38.8 Å². The Morgan fingerprint density at radius 3 is 2.35 bits per heavy atom.